The van der Waals surface area contributed by atoms with Crippen LogP contribution in [0.15, 0.2) is 42.6 Å². The van der Waals surface area contributed by atoms with Crippen molar-refractivity contribution in [3.63, 3.8) is 0 Å². The molecule has 0 aliphatic carbocycles. The molecular formula is C18H11F3N2O6. The third kappa shape index (κ3) is 3.26. The SMILES string of the molecule is COc1cc(C(=O)c2c(C(F)(F)F)c(C(=O)O)c3ccccn23)ccc1[N+](=O)[O-]. The Kier molecular flexibility index (Phi) is 4.74. The first-order chi connectivity index (χ1) is 13.6. The lowest BCUT2D eigenvalue weighted by Crippen LogP contribution is -2.17. The number of carbonyl (C=O) groups excluding carboxylic acids is 1. The molecule has 0 fully saturated rings. The van der Waals surface area contributed by atoms with Crippen LogP contribution in [0.25, 0.3) is 5.52 Å². The Morgan fingerprint density at radius 3 is 2.45 bits per heavy atom. The van der Waals surface area contributed by atoms with Gasteiger partial charge in [0.05, 0.1) is 23.1 Å². The van der Waals surface area contributed by atoms with E-state index in [9.17, 15) is 38.0 Å². The summed E-state index contributed by atoms with van der Waals surface area (Å²) in [5.74, 6) is -3.34. The first-order valence-corrected chi connectivity index (χ1v) is 7.88. The van der Waals surface area contributed by atoms with E-state index in [2.05, 4.69) is 0 Å². The lowest BCUT2D eigenvalue weighted by molar-refractivity contribution is -0.385. The monoisotopic (exact) mass is 408 g/mol. The zero-order valence-electron chi connectivity index (χ0n) is 14.6. The summed E-state index contributed by atoms with van der Waals surface area (Å²) in [6, 6.07) is 6.66. The van der Waals surface area contributed by atoms with Gasteiger partial charge in [-0.3, -0.25) is 14.9 Å². The molecule has 3 rings (SSSR count). The van der Waals surface area contributed by atoms with Crippen molar-refractivity contribution in [2.45, 2.75) is 6.18 Å². The molecule has 2 aromatic heterocycles. The van der Waals surface area contributed by atoms with Crippen LogP contribution < -0.4 is 4.74 Å². The van der Waals surface area contributed by atoms with Gasteiger partial charge in [0.25, 0.3) is 0 Å². The van der Waals surface area contributed by atoms with E-state index in [1.807, 2.05) is 0 Å². The molecule has 1 aromatic carbocycles. The number of methoxy groups -OCH3 is 1. The molecule has 0 radical (unpaired) electrons. The molecular weight excluding hydrogens is 397 g/mol. The maximum absolute atomic E-state index is 13.8. The van der Waals surface area contributed by atoms with Gasteiger partial charge in [0.1, 0.15) is 11.3 Å². The number of fused-ring (bicyclic) bond motifs is 1. The Morgan fingerprint density at radius 1 is 1.21 bits per heavy atom. The number of benzene rings is 1. The zero-order chi connectivity index (χ0) is 21.5. The number of aromatic carboxylic acids is 1. The Balaban J connectivity index is 2.34. The Hall–Kier alpha value is -3.89. The van der Waals surface area contributed by atoms with Gasteiger partial charge < -0.3 is 14.2 Å². The van der Waals surface area contributed by atoms with Gasteiger partial charge >= 0.3 is 17.8 Å². The lowest BCUT2D eigenvalue weighted by Gasteiger charge is -2.10. The Labute approximate surface area is 159 Å². The van der Waals surface area contributed by atoms with Gasteiger partial charge in [-0.2, -0.15) is 13.2 Å². The number of ketones is 1. The lowest BCUT2D eigenvalue weighted by atomic mass is 10.0. The average molecular weight is 408 g/mol. The van der Waals surface area contributed by atoms with E-state index in [1.54, 1.807) is 0 Å². The molecule has 29 heavy (non-hydrogen) atoms. The molecule has 1 N–H and O–H groups in total. The Bertz CT molecular complexity index is 1170. The number of alkyl halides is 3. The number of nitro groups is 1. The van der Waals surface area contributed by atoms with Crippen molar-refractivity contribution >= 4 is 23.0 Å². The number of nitro benzene ring substituents is 1. The van der Waals surface area contributed by atoms with E-state index in [0.717, 1.165) is 42.0 Å². The number of hydrogen-bond acceptors (Lipinski definition) is 5. The molecule has 0 aliphatic rings. The summed E-state index contributed by atoms with van der Waals surface area (Å²) in [6.45, 7) is 0. The van der Waals surface area contributed by atoms with Crippen molar-refractivity contribution in [3.8, 4) is 5.75 Å². The molecule has 0 aliphatic heterocycles. The fourth-order valence-electron chi connectivity index (χ4n) is 3.03. The first kappa shape index (κ1) is 19.9. The molecule has 0 bridgehead atoms. The summed E-state index contributed by atoms with van der Waals surface area (Å²) in [7, 11) is 1.10. The minimum atomic E-state index is -5.14. The summed E-state index contributed by atoms with van der Waals surface area (Å²) in [5, 5.41) is 20.3. The van der Waals surface area contributed by atoms with Crippen LogP contribution in [0.4, 0.5) is 18.9 Å². The largest absolute Gasteiger partial charge is 0.490 e. The second kappa shape index (κ2) is 6.93. The van der Waals surface area contributed by atoms with E-state index < -0.39 is 45.4 Å². The summed E-state index contributed by atoms with van der Waals surface area (Å²) < 4.78 is 46.9. The number of carboxylic acids is 1. The molecule has 0 unspecified atom stereocenters. The summed E-state index contributed by atoms with van der Waals surface area (Å²) in [5.41, 5.74) is -4.70. The second-order valence-electron chi connectivity index (χ2n) is 5.83. The number of ether oxygens (including phenoxy) is 1. The van der Waals surface area contributed by atoms with Crippen molar-refractivity contribution in [2.24, 2.45) is 0 Å². The van der Waals surface area contributed by atoms with E-state index in [-0.39, 0.29) is 16.8 Å². The maximum Gasteiger partial charge on any atom is 0.419 e. The molecule has 3 aromatic rings. The first-order valence-electron chi connectivity index (χ1n) is 7.88. The number of aromatic nitrogens is 1. The van der Waals surface area contributed by atoms with Crippen LogP contribution in [0.2, 0.25) is 0 Å². The average Bonchev–Trinajstić information content (AvgIpc) is 3.02. The van der Waals surface area contributed by atoms with Crippen LogP contribution >= 0.6 is 0 Å². The van der Waals surface area contributed by atoms with Gasteiger partial charge in [-0.05, 0) is 24.3 Å². The van der Waals surface area contributed by atoms with Gasteiger partial charge in [-0.1, -0.05) is 6.07 Å². The molecule has 0 amide bonds. The summed E-state index contributed by atoms with van der Waals surface area (Å²) in [6.07, 6.45) is -4.01. The number of halogens is 3. The minimum absolute atomic E-state index is 0.315. The van der Waals surface area contributed by atoms with Gasteiger partial charge in [0.2, 0.25) is 5.78 Å². The van der Waals surface area contributed by atoms with Gasteiger partial charge in [-0.15, -0.1) is 0 Å². The number of hydrogen-bond donors (Lipinski definition) is 1. The summed E-state index contributed by atoms with van der Waals surface area (Å²) in [4.78, 5) is 34.7. The highest BCUT2D eigenvalue weighted by atomic mass is 19.4. The minimum Gasteiger partial charge on any atom is -0.490 e. The highest BCUT2D eigenvalue weighted by Crippen LogP contribution is 2.39. The van der Waals surface area contributed by atoms with E-state index in [1.165, 1.54) is 12.1 Å². The predicted octanol–water partition coefficient (Wildman–Crippen LogP) is 3.80. The third-order valence-electron chi connectivity index (χ3n) is 4.19. The molecule has 8 nitrogen and oxygen atoms in total. The quantitative estimate of drug-likeness (QED) is 0.391. The number of rotatable bonds is 5. The second-order valence-corrected chi connectivity index (χ2v) is 5.83. The smallest absolute Gasteiger partial charge is 0.419 e. The highest BCUT2D eigenvalue weighted by Gasteiger charge is 2.43. The molecule has 150 valence electrons. The molecule has 0 saturated carbocycles. The van der Waals surface area contributed by atoms with Gasteiger partial charge in [0, 0.05) is 17.8 Å². The number of carboxylic acid groups (broad SMARTS) is 1. The van der Waals surface area contributed by atoms with Crippen molar-refractivity contribution in [3.05, 3.63) is 75.1 Å². The third-order valence-corrected chi connectivity index (χ3v) is 4.19. The number of nitrogens with zero attached hydrogens (tertiary/aromatic N) is 2. The fraction of sp³-hybridized carbons (Fsp3) is 0.111. The van der Waals surface area contributed by atoms with Crippen molar-refractivity contribution < 1.29 is 37.5 Å². The summed E-state index contributed by atoms with van der Waals surface area (Å²) >= 11 is 0. The van der Waals surface area contributed by atoms with Gasteiger partial charge in [-0.25, -0.2) is 4.79 Å². The molecule has 0 atom stereocenters. The van der Waals surface area contributed by atoms with Crippen LogP contribution in [0.5, 0.6) is 5.75 Å². The van der Waals surface area contributed by atoms with Gasteiger partial charge in [0.15, 0.2) is 5.75 Å². The Morgan fingerprint density at radius 2 is 1.90 bits per heavy atom. The molecule has 2 heterocycles. The van der Waals surface area contributed by atoms with E-state index >= 15 is 0 Å². The van der Waals surface area contributed by atoms with E-state index in [4.69, 9.17) is 4.74 Å². The van der Waals surface area contributed by atoms with Crippen LogP contribution in [0, 0.1) is 10.1 Å². The van der Waals surface area contributed by atoms with Crippen molar-refractivity contribution in [2.75, 3.05) is 7.11 Å². The standard InChI is InChI=1S/C18H11F3N2O6/c1-29-12-8-9(5-6-10(12)23(27)28)16(24)15-14(18(19,20)21)13(17(25)26)11-4-2-3-7-22(11)15/h2-8H,1H3,(H,25,26). The van der Waals surface area contributed by atoms with Crippen LogP contribution in [-0.4, -0.2) is 33.3 Å². The molecule has 11 heteroatoms. The normalized spacial score (nSPS) is 11.4. The topological polar surface area (TPSA) is 111 Å². The van der Waals surface area contributed by atoms with E-state index in [0.29, 0.717) is 0 Å². The molecule has 0 saturated heterocycles. The van der Waals surface area contributed by atoms with Crippen molar-refractivity contribution in [1.29, 1.82) is 0 Å². The fourth-order valence-corrected chi connectivity index (χ4v) is 3.03. The number of carbonyl (C=O) groups is 2. The maximum atomic E-state index is 13.8. The van der Waals surface area contributed by atoms with Crippen molar-refractivity contribution in [1.82, 2.24) is 4.40 Å². The number of pyridine rings is 1. The van der Waals surface area contributed by atoms with Crippen LogP contribution in [0.1, 0.15) is 32.0 Å². The van der Waals surface area contributed by atoms with Crippen LogP contribution in [0.3, 0.4) is 0 Å². The zero-order valence-corrected chi connectivity index (χ0v) is 14.6. The highest BCUT2D eigenvalue weighted by molar-refractivity contribution is 6.13. The molecule has 0 spiro atoms. The van der Waals surface area contributed by atoms with Crippen LogP contribution in [-0.2, 0) is 6.18 Å². The predicted molar refractivity (Wildman–Crippen MR) is 92.4 cm³/mol.